The number of carbonyl (C=O) groups is 1. The minimum Gasteiger partial charge on any atom is -0.464 e. The van der Waals surface area contributed by atoms with Gasteiger partial charge in [-0.2, -0.15) is 0 Å². The summed E-state index contributed by atoms with van der Waals surface area (Å²) in [6.45, 7) is 14.9. The Kier molecular flexibility index (Phi) is 8.22. The molecule has 0 saturated heterocycles. The van der Waals surface area contributed by atoms with Crippen molar-refractivity contribution < 1.29 is 14.3 Å². The molecule has 0 aromatic rings. The number of fused-ring (bicyclic) bond motifs is 5. The molecule has 4 rings (SSSR count). The van der Waals surface area contributed by atoms with Crippen LogP contribution in [0.2, 0.25) is 0 Å². The fourth-order valence-corrected chi connectivity index (χ4v) is 9.18. The second kappa shape index (κ2) is 10.7. The molecule has 4 aliphatic carbocycles. The molecule has 3 heteroatoms. The van der Waals surface area contributed by atoms with E-state index in [1.165, 1.54) is 57.8 Å². The quantitative estimate of drug-likeness (QED) is 0.252. The number of carbonyl (C=O) groups excluding carboxylic acids is 1. The molecule has 0 bridgehead atoms. The number of ether oxygens (including phenoxy) is 2. The Morgan fingerprint density at radius 2 is 1.85 bits per heavy atom. The molecule has 3 saturated carbocycles. The highest BCUT2D eigenvalue weighted by atomic mass is 16.6. The minimum absolute atomic E-state index is 0.103. The number of hydrogen-bond donors (Lipinski definition) is 0. The van der Waals surface area contributed by atoms with Gasteiger partial charge in [-0.3, -0.25) is 0 Å². The molecule has 3 fully saturated rings. The van der Waals surface area contributed by atoms with Gasteiger partial charge >= 0.3 is 5.97 Å². The summed E-state index contributed by atoms with van der Waals surface area (Å²) in [6.07, 6.45) is 17.4. The van der Waals surface area contributed by atoms with Crippen LogP contribution in [0, 0.1) is 46.3 Å². The Morgan fingerprint density at radius 3 is 2.59 bits per heavy atom. The van der Waals surface area contributed by atoms with Crippen LogP contribution in [0.25, 0.3) is 0 Å². The lowest BCUT2D eigenvalue weighted by atomic mass is 9.47. The summed E-state index contributed by atoms with van der Waals surface area (Å²) in [5, 5.41) is 0. The van der Waals surface area contributed by atoms with Crippen molar-refractivity contribution in [3.05, 3.63) is 11.6 Å². The van der Waals surface area contributed by atoms with Crippen molar-refractivity contribution in [1.29, 1.82) is 0 Å². The largest absolute Gasteiger partial charge is 0.464 e. The zero-order chi connectivity index (χ0) is 24.5. The van der Waals surface area contributed by atoms with Gasteiger partial charge in [-0.25, -0.2) is 4.79 Å². The van der Waals surface area contributed by atoms with Crippen LogP contribution in [-0.2, 0) is 14.3 Å². The summed E-state index contributed by atoms with van der Waals surface area (Å²) >= 11 is 0. The maximum absolute atomic E-state index is 11.8. The van der Waals surface area contributed by atoms with Crippen LogP contribution in [0.4, 0.5) is 0 Å². The van der Waals surface area contributed by atoms with Gasteiger partial charge in [0, 0.05) is 0 Å². The van der Waals surface area contributed by atoms with E-state index in [0.717, 1.165) is 48.3 Å². The van der Waals surface area contributed by atoms with Crippen molar-refractivity contribution in [3.63, 3.8) is 0 Å². The van der Waals surface area contributed by atoms with Gasteiger partial charge in [0.25, 0.3) is 0 Å². The van der Waals surface area contributed by atoms with Gasteiger partial charge in [0.1, 0.15) is 6.61 Å². The number of rotatable bonds is 9. The second-order valence-electron chi connectivity index (χ2n) is 13.3. The number of esters is 1. The highest BCUT2D eigenvalue weighted by Gasteiger charge is 2.59. The molecule has 0 heterocycles. The zero-order valence-corrected chi connectivity index (χ0v) is 23.0. The SMILES string of the molecule is CCOC(=O)CO[C@H]1CC[C@@]2(C)C(=CC[C@H]3[C@@H]4CC[C@H]([C@H](C)CCCC(C)C)[C@@]4(C)CC[C@@H]32)C1. The van der Waals surface area contributed by atoms with Gasteiger partial charge in [-0.05, 0) is 105 Å². The normalized spacial score (nSPS) is 40.2. The van der Waals surface area contributed by atoms with Crippen molar-refractivity contribution in [3.8, 4) is 0 Å². The zero-order valence-electron chi connectivity index (χ0n) is 23.0. The Bertz CT molecular complexity index is 741. The maximum Gasteiger partial charge on any atom is 0.332 e. The van der Waals surface area contributed by atoms with Gasteiger partial charge in [0.2, 0.25) is 0 Å². The molecule has 4 aliphatic rings. The molecule has 0 unspecified atom stereocenters. The first-order valence-electron chi connectivity index (χ1n) is 14.7. The van der Waals surface area contributed by atoms with Crippen molar-refractivity contribution in [1.82, 2.24) is 0 Å². The van der Waals surface area contributed by atoms with Crippen LogP contribution in [0.15, 0.2) is 11.6 Å². The first-order chi connectivity index (χ1) is 16.2. The maximum atomic E-state index is 11.8. The standard InChI is InChI=1S/C31H52O3/c1-7-33-29(32)20-34-24-15-17-30(5)23(19-24)11-12-25-27-14-13-26(22(4)10-8-9-21(2)3)31(27,6)18-16-28(25)30/h11,21-22,24-28H,7-10,12-20H2,1-6H3/t22-,24+,25+,26-,27+,28+,30+,31-/m1/s1. The highest BCUT2D eigenvalue weighted by Crippen LogP contribution is 2.67. The van der Waals surface area contributed by atoms with E-state index in [1.807, 2.05) is 6.92 Å². The molecule has 0 aromatic heterocycles. The topological polar surface area (TPSA) is 35.5 Å². The van der Waals surface area contributed by atoms with Crippen molar-refractivity contribution >= 4 is 5.97 Å². The third kappa shape index (κ3) is 5.02. The van der Waals surface area contributed by atoms with E-state index >= 15 is 0 Å². The van der Waals surface area contributed by atoms with Gasteiger partial charge < -0.3 is 9.47 Å². The first kappa shape index (κ1) is 26.2. The smallest absolute Gasteiger partial charge is 0.332 e. The summed E-state index contributed by atoms with van der Waals surface area (Å²) in [6, 6.07) is 0. The summed E-state index contributed by atoms with van der Waals surface area (Å²) in [4.78, 5) is 11.8. The van der Waals surface area contributed by atoms with E-state index in [9.17, 15) is 4.79 Å². The lowest BCUT2D eigenvalue weighted by Gasteiger charge is -2.58. The average molecular weight is 473 g/mol. The molecular weight excluding hydrogens is 420 g/mol. The molecule has 8 atom stereocenters. The first-order valence-corrected chi connectivity index (χ1v) is 14.7. The van der Waals surface area contributed by atoms with E-state index in [1.54, 1.807) is 5.57 Å². The Morgan fingerprint density at radius 1 is 1.06 bits per heavy atom. The van der Waals surface area contributed by atoms with Crippen LogP contribution in [0.5, 0.6) is 0 Å². The third-order valence-electron chi connectivity index (χ3n) is 11.0. The molecule has 0 spiro atoms. The van der Waals surface area contributed by atoms with Crippen molar-refractivity contribution in [2.45, 2.75) is 118 Å². The predicted molar refractivity (Wildman–Crippen MR) is 139 cm³/mol. The van der Waals surface area contributed by atoms with Crippen LogP contribution in [-0.4, -0.2) is 25.3 Å². The van der Waals surface area contributed by atoms with E-state index in [0.29, 0.717) is 17.4 Å². The third-order valence-corrected chi connectivity index (χ3v) is 11.0. The van der Waals surface area contributed by atoms with Crippen molar-refractivity contribution in [2.24, 2.45) is 46.3 Å². The Hall–Kier alpha value is -0.830. The van der Waals surface area contributed by atoms with E-state index in [4.69, 9.17) is 9.47 Å². The fourth-order valence-electron chi connectivity index (χ4n) is 9.18. The van der Waals surface area contributed by atoms with Crippen LogP contribution < -0.4 is 0 Å². The summed E-state index contributed by atoms with van der Waals surface area (Å²) in [5.41, 5.74) is 2.53. The Labute approximate surface area is 209 Å². The summed E-state index contributed by atoms with van der Waals surface area (Å²) in [5.74, 6) is 5.04. The molecule has 0 aromatic carbocycles. The van der Waals surface area contributed by atoms with Gasteiger partial charge in [0.15, 0.2) is 0 Å². The van der Waals surface area contributed by atoms with Crippen molar-refractivity contribution in [2.75, 3.05) is 13.2 Å². The molecule has 3 nitrogen and oxygen atoms in total. The number of allylic oxidation sites excluding steroid dienone is 1. The van der Waals surface area contributed by atoms with Crippen LogP contribution in [0.1, 0.15) is 112 Å². The number of hydrogen-bond acceptors (Lipinski definition) is 3. The molecule has 0 N–H and O–H groups in total. The average Bonchev–Trinajstić information content (AvgIpc) is 3.15. The fraction of sp³-hybridized carbons (Fsp3) is 0.903. The second-order valence-corrected chi connectivity index (χ2v) is 13.3. The lowest BCUT2D eigenvalue weighted by Crippen LogP contribution is -2.51. The predicted octanol–water partition coefficient (Wildman–Crippen LogP) is 7.98. The molecule has 194 valence electrons. The molecule has 0 radical (unpaired) electrons. The van der Waals surface area contributed by atoms with E-state index in [2.05, 4.69) is 40.7 Å². The van der Waals surface area contributed by atoms with Crippen LogP contribution in [0.3, 0.4) is 0 Å². The highest BCUT2D eigenvalue weighted by molar-refractivity contribution is 5.70. The van der Waals surface area contributed by atoms with E-state index < -0.39 is 0 Å². The molecule has 0 aliphatic heterocycles. The molecule has 34 heavy (non-hydrogen) atoms. The monoisotopic (exact) mass is 472 g/mol. The van der Waals surface area contributed by atoms with Gasteiger partial charge in [-0.1, -0.05) is 65.5 Å². The van der Waals surface area contributed by atoms with Crippen LogP contribution >= 0.6 is 0 Å². The Balaban J connectivity index is 1.40. The van der Waals surface area contributed by atoms with Gasteiger partial charge in [0.05, 0.1) is 12.7 Å². The summed E-state index contributed by atoms with van der Waals surface area (Å²) in [7, 11) is 0. The van der Waals surface area contributed by atoms with Gasteiger partial charge in [-0.15, -0.1) is 0 Å². The molecule has 0 amide bonds. The minimum atomic E-state index is -0.227. The van der Waals surface area contributed by atoms with E-state index in [-0.39, 0.29) is 18.7 Å². The molecular formula is C31H52O3. The summed E-state index contributed by atoms with van der Waals surface area (Å²) < 4.78 is 11.0. The lowest BCUT2D eigenvalue weighted by molar-refractivity contribution is -0.151.